The number of aromatic carboxylic acids is 1. The first-order valence-electron chi connectivity index (χ1n) is 7.27. The summed E-state index contributed by atoms with van der Waals surface area (Å²) in [7, 11) is 0. The van der Waals surface area contributed by atoms with Gasteiger partial charge in [0.2, 0.25) is 0 Å². The van der Waals surface area contributed by atoms with Gasteiger partial charge >= 0.3 is 35.5 Å². The van der Waals surface area contributed by atoms with E-state index in [0.717, 1.165) is 12.8 Å². The topological polar surface area (TPSA) is 86.7 Å². The van der Waals surface area contributed by atoms with E-state index in [1.807, 2.05) is 6.92 Å². The predicted octanol–water partition coefficient (Wildman–Crippen LogP) is -0.597. The van der Waals surface area contributed by atoms with Crippen LogP contribution in [0.3, 0.4) is 0 Å². The second-order valence-corrected chi connectivity index (χ2v) is 4.69. The van der Waals surface area contributed by atoms with Gasteiger partial charge < -0.3 is 19.7 Å². The van der Waals surface area contributed by atoms with E-state index in [-0.39, 0.29) is 46.8 Å². The summed E-state index contributed by atoms with van der Waals surface area (Å²) in [6, 6.07) is 14.1. The Morgan fingerprint density at radius 2 is 1.58 bits per heavy atom. The molecule has 5 nitrogen and oxygen atoms in total. The average Bonchev–Trinajstić information content (AvgIpc) is 2.57. The van der Waals surface area contributed by atoms with Gasteiger partial charge in [0.05, 0.1) is 18.1 Å². The smallest absolute Gasteiger partial charge is 0.545 e. The van der Waals surface area contributed by atoms with Crippen molar-refractivity contribution >= 4 is 11.9 Å². The van der Waals surface area contributed by atoms with Gasteiger partial charge in [-0.25, -0.2) is 4.79 Å². The Balaban J connectivity index is 0.000000460. The molecule has 2 aromatic rings. The Labute approximate surface area is 163 Å². The van der Waals surface area contributed by atoms with E-state index in [1.54, 1.807) is 30.3 Å². The van der Waals surface area contributed by atoms with Gasteiger partial charge in [-0.2, -0.15) is 0 Å². The first-order valence-corrected chi connectivity index (χ1v) is 7.27. The van der Waals surface area contributed by atoms with E-state index in [4.69, 9.17) is 9.84 Å². The zero-order valence-corrected chi connectivity index (χ0v) is 15.9. The predicted molar refractivity (Wildman–Crippen MR) is 84.1 cm³/mol. The molecule has 0 spiro atoms. The molecule has 2 aromatic carbocycles. The third-order valence-electron chi connectivity index (χ3n) is 2.84. The molecule has 0 saturated heterocycles. The van der Waals surface area contributed by atoms with Crippen molar-refractivity contribution in [2.24, 2.45) is 0 Å². The van der Waals surface area contributed by atoms with E-state index in [1.165, 1.54) is 24.3 Å². The summed E-state index contributed by atoms with van der Waals surface area (Å²) in [6.07, 6.45) is 1.88. The summed E-state index contributed by atoms with van der Waals surface area (Å²) >= 11 is 0. The van der Waals surface area contributed by atoms with E-state index >= 15 is 0 Å². The van der Waals surface area contributed by atoms with Crippen LogP contribution in [-0.4, -0.2) is 23.7 Å². The molecule has 0 atom stereocenters. The van der Waals surface area contributed by atoms with Gasteiger partial charge in [-0.1, -0.05) is 43.7 Å². The number of rotatable bonds is 5. The molecular formula is C18H19NaO5. The number of hydrogen-bond acceptors (Lipinski definition) is 5. The maximum absolute atomic E-state index is 11.3. The maximum Gasteiger partial charge on any atom is 1.00 e. The van der Waals surface area contributed by atoms with Crippen LogP contribution in [0.1, 0.15) is 40.5 Å². The van der Waals surface area contributed by atoms with Crippen LogP contribution in [0.4, 0.5) is 0 Å². The minimum Gasteiger partial charge on any atom is -0.545 e. The monoisotopic (exact) mass is 338 g/mol. The Morgan fingerprint density at radius 1 is 1.00 bits per heavy atom. The molecule has 0 aliphatic carbocycles. The summed E-state index contributed by atoms with van der Waals surface area (Å²) in [4.78, 5) is 21.4. The van der Waals surface area contributed by atoms with Crippen molar-refractivity contribution in [1.29, 1.82) is 0 Å². The van der Waals surface area contributed by atoms with Crippen LogP contribution >= 0.6 is 0 Å². The number of benzene rings is 2. The van der Waals surface area contributed by atoms with E-state index in [9.17, 15) is 14.7 Å². The zero-order valence-electron chi connectivity index (χ0n) is 13.9. The number of carboxylic acids is 1. The van der Waals surface area contributed by atoms with Gasteiger partial charge in [0.15, 0.2) is 0 Å². The van der Waals surface area contributed by atoms with E-state index < -0.39 is 5.97 Å². The molecule has 1 N–H and O–H groups in total. The minimum absolute atomic E-state index is 0. The summed E-state index contributed by atoms with van der Waals surface area (Å²) < 4.78 is 4.99. The Morgan fingerprint density at radius 3 is 2.04 bits per heavy atom. The van der Waals surface area contributed by atoms with Crippen molar-refractivity contribution in [1.82, 2.24) is 0 Å². The number of phenols is 1. The van der Waals surface area contributed by atoms with Gasteiger partial charge in [0.25, 0.3) is 0 Å². The van der Waals surface area contributed by atoms with Crippen LogP contribution in [0.15, 0.2) is 54.6 Å². The van der Waals surface area contributed by atoms with Gasteiger partial charge in [-0.05, 0) is 36.2 Å². The van der Waals surface area contributed by atoms with Crippen LogP contribution < -0.4 is 34.7 Å². The molecule has 0 radical (unpaired) electrons. The quantitative estimate of drug-likeness (QED) is 0.447. The normalized spacial score (nSPS) is 9.04. The molecule has 2 rings (SSSR count). The van der Waals surface area contributed by atoms with Crippen LogP contribution in [-0.2, 0) is 4.74 Å². The molecule has 6 heteroatoms. The number of aromatic hydroxyl groups is 1. The molecular weight excluding hydrogens is 319 g/mol. The number of ether oxygens (including phenoxy) is 1. The molecule has 0 saturated carbocycles. The zero-order chi connectivity index (χ0) is 17.1. The second kappa shape index (κ2) is 12.6. The molecule has 122 valence electrons. The fourth-order valence-corrected chi connectivity index (χ4v) is 1.56. The molecule has 0 bridgehead atoms. The molecule has 0 heterocycles. The van der Waals surface area contributed by atoms with Crippen LogP contribution in [0, 0.1) is 0 Å². The summed E-state index contributed by atoms with van der Waals surface area (Å²) in [5.74, 6) is -1.32. The van der Waals surface area contributed by atoms with E-state index in [0.29, 0.717) is 12.2 Å². The molecule has 0 aliphatic rings. The van der Waals surface area contributed by atoms with Crippen LogP contribution in [0.2, 0.25) is 0 Å². The number of carboxylic acid groups (broad SMARTS) is 1. The van der Waals surface area contributed by atoms with Crippen molar-refractivity contribution < 1.29 is 54.1 Å². The summed E-state index contributed by atoms with van der Waals surface area (Å²) in [5, 5.41) is 19.1. The fourth-order valence-electron chi connectivity index (χ4n) is 1.56. The number of esters is 1. The third kappa shape index (κ3) is 8.72. The first kappa shape index (κ1) is 22.2. The Hall–Kier alpha value is -1.82. The van der Waals surface area contributed by atoms with Gasteiger partial charge in [-0.15, -0.1) is 0 Å². The van der Waals surface area contributed by atoms with E-state index in [2.05, 4.69) is 0 Å². The molecule has 0 unspecified atom stereocenters. The SMILES string of the molecule is CCCCOC(=O)c1ccc(O)cc1.O=C([O-])c1ccccc1.[Na+]. The standard InChI is InChI=1S/C11H14O3.C7H6O2.Na/c1-2-3-8-14-11(13)9-4-6-10(12)7-5-9;8-7(9)6-4-2-1-3-5-6;/h4-7,12H,2-3,8H2,1H3;1-5H,(H,8,9);/q;;+1/p-1. The van der Waals surface area contributed by atoms with Crippen LogP contribution in [0.25, 0.3) is 0 Å². The van der Waals surface area contributed by atoms with Crippen molar-refractivity contribution in [2.45, 2.75) is 19.8 Å². The number of unbranched alkanes of at least 4 members (excludes halogenated alkanes) is 1. The molecule has 0 amide bonds. The van der Waals surface area contributed by atoms with Gasteiger partial charge in [0, 0.05) is 0 Å². The Kier molecular flexibility index (Phi) is 11.6. The number of phenolic OH excluding ortho intramolecular Hbond substituents is 1. The molecule has 0 fully saturated rings. The Bertz CT molecular complexity index is 611. The van der Waals surface area contributed by atoms with Crippen molar-refractivity contribution in [3.63, 3.8) is 0 Å². The largest absolute Gasteiger partial charge is 1.00 e. The van der Waals surface area contributed by atoms with Crippen molar-refractivity contribution in [3.05, 3.63) is 65.7 Å². The number of hydrogen-bond donors (Lipinski definition) is 1. The van der Waals surface area contributed by atoms with Crippen molar-refractivity contribution in [3.8, 4) is 5.75 Å². The van der Waals surface area contributed by atoms with Gasteiger partial charge in [-0.3, -0.25) is 0 Å². The second-order valence-electron chi connectivity index (χ2n) is 4.69. The molecule has 24 heavy (non-hydrogen) atoms. The number of carbonyl (C=O) groups excluding carboxylic acids is 2. The fraction of sp³-hybridized carbons (Fsp3) is 0.222. The summed E-state index contributed by atoms with van der Waals surface area (Å²) in [5.41, 5.74) is 0.691. The van der Waals surface area contributed by atoms with Crippen molar-refractivity contribution in [2.75, 3.05) is 6.61 Å². The number of carbonyl (C=O) groups is 2. The third-order valence-corrected chi connectivity index (χ3v) is 2.84. The maximum atomic E-state index is 11.3. The average molecular weight is 338 g/mol. The molecule has 0 aromatic heterocycles. The summed E-state index contributed by atoms with van der Waals surface area (Å²) in [6.45, 7) is 2.49. The first-order chi connectivity index (χ1) is 11.0. The van der Waals surface area contributed by atoms with Gasteiger partial charge in [0.1, 0.15) is 5.75 Å². The minimum atomic E-state index is -1.13. The van der Waals surface area contributed by atoms with Crippen LogP contribution in [0.5, 0.6) is 5.75 Å². The molecule has 0 aliphatic heterocycles.